The van der Waals surface area contributed by atoms with Crippen molar-refractivity contribution < 1.29 is 4.79 Å². The number of hydrogen-bond donors (Lipinski definition) is 0. The van der Waals surface area contributed by atoms with Gasteiger partial charge in [-0.3, -0.25) is 9.69 Å². The summed E-state index contributed by atoms with van der Waals surface area (Å²) < 4.78 is 0. The van der Waals surface area contributed by atoms with Gasteiger partial charge in [0.15, 0.2) is 0 Å². The summed E-state index contributed by atoms with van der Waals surface area (Å²) in [6.07, 6.45) is 1.71. The predicted molar refractivity (Wildman–Crippen MR) is 80.6 cm³/mol. The molecule has 0 saturated carbocycles. The molecule has 0 unspecified atom stereocenters. The first-order valence-electron chi connectivity index (χ1n) is 6.50. The number of halogens is 1. The van der Waals surface area contributed by atoms with Gasteiger partial charge in [-0.25, -0.2) is 4.98 Å². The Morgan fingerprint density at radius 2 is 1.95 bits per heavy atom. The highest BCUT2D eigenvalue weighted by Crippen LogP contribution is 2.45. The van der Waals surface area contributed by atoms with Crippen LogP contribution in [0.1, 0.15) is 25.0 Å². The highest BCUT2D eigenvalue weighted by Gasteiger charge is 2.45. The number of rotatable bonds is 1. The van der Waals surface area contributed by atoms with E-state index in [0.29, 0.717) is 10.8 Å². The average molecular weight is 287 g/mol. The van der Waals surface area contributed by atoms with Gasteiger partial charge in [0.25, 0.3) is 0 Å². The van der Waals surface area contributed by atoms with Gasteiger partial charge in [-0.1, -0.05) is 23.7 Å². The van der Waals surface area contributed by atoms with Crippen LogP contribution in [0, 0.1) is 6.92 Å². The summed E-state index contributed by atoms with van der Waals surface area (Å²) in [6.45, 7) is 5.77. The normalized spacial score (nSPS) is 16.4. The molecular formula is C16H15ClN2O. The Balaban J connectivity index is 2.26. The number of nitrogens with zero attached hydrogens (tertiary/aromatic N) is 2. The minimum absolute atomic E-state index is 0.0246. The van der Waals surface area contributed by atoms with Gasteiger partial charge in [-0.05, 0) is 44.5 Å². The van der Waals surface area contributed by atoms with Crippen molar-refractivity contribution in [3.05, 3.63) is 52.7 Å². The van der Waals surface area contributed by atoms with Crippen LogP contribution in [0.25, 0.3) is 0 Å². The number of aromatic nitrogens is 1. The van der Waals surface area contributed by atoms with Crippen LogP contribution in [-0.2, 0) is 10.2 Å². The van der Waals surface area contributed by atoms with E-state index in [1.54, 1.807) is 11.1 Å². The molecule has 1 aromatic carbocycles. The molecule has 0 spiro atoms. The summed E-state index contributed by atoms with van der Waals surface area (Å²) in [5.41, 5.74) is 2.06. The number of carbonyl (C=O) groups is 1. The van der Waals surface area contributed by atoms with Crippen LogP contribution in [0.5, 0.6) is 0 Å². The van der Waals surface area contributed by atoms with Crippen molar-refractivity contribution in [2.75, 3.05) is 4.90 Å². The molecule has 20 heavy (non-hydrogen) atoms. The van der Waals surface area contributed by atoms with E-state index < -0.39 is 5.41 Å². The highest BCUT2D eigenvalue weighted by molar-refractivity contribution is 6.32. The van der Waals surface area contributed by atoms with E-state index in [1.165, 1.54) is 0 Å². The summed E-state index contributed by atoms with van der Waals surface area (Å²) in [4.78, 5) is 18.9. The molecule has 0 aliphatic carbocycles. The fraction of sp³-hybridized carbons (Fsp3) is 0.250. The molecule has 1 aliphatic rings. The van der Waals surface area contributed by atoms with Crippen LogP contribution in [0.15, 0.2) is 36.5 Å². The lowest BCUT2D eigenvalue weighted by molar-refractivity contribution is -0.121. The minimum Gasteiger partial charge on any atom is -0.273 e. The second-order valence-corrected chi connectivity index (χ2v) is 5.93. The van der Waals surface area contributed by atoms with Crippen LogP contribution >= 0.6 is 11.6 Å². The third-order valence-corrected chi connectivity index (χ3v) is 4.30. The van der Waals surface area contributed by atoms with E-state index in [-0.39, 0.29) is 5.91 Å². The molecule has 1 aromatic heterocycles. The molecule has 0 saturated heterocycles. The zero-order valence-electron chi connectivity index (χ0n) is 11.6. The van der Waals surface area contributed by atoms with Crippen molar-refractivity contribution >= 4 is 29.0 Å². The summed E-state index contributed by atoms with van der Waals surface area (Å²) in [5.74, 6) is 0.726. The van der Waals surface area contributed by atoms with Crippen LogP contribution in [0.2, 0.25) is 5.02 Å². The summed E-state index contributed by atoms with van der Waals surface area (Å²) >= 11 is 6.18. The fourth-order valence-electron chi connectivity index (χ4n) is 2.62. The average Bonchev–Trinajstić information content (AvgIpc) is 2.62. The number of hydrogen-bond acceptors (Lipinski definition) is 2. The lowest BCUT2D eigenvalue weighted by Crippen LogP contribution is -2.33. The quantitative estimate of drug-likeness (QED) is 0.794. The van der Waals surface area contributed by atoms with Gasteiger partial charge in [-0.15, -0.1) is 0 Å². The molecule has 4 heteroatoms. The van der Waals surface area contributed by atoms with Gasteiger partial charge in [0, 0.05) is 16.8 Å². The Morgan fingerprint density at radius 1 is 1.20 bits per heavy atom. The third-order valence-electron chi connectivity index (χ3n) is 3.89. The second-order valence-electron chi connectivity index (χ2n) is 5.52. The Hall–Kier alpha value is -1.87. The smallest absolute Gasteiger partial charge is 0.242 e. The zero-order valence-corrected chi connectivity index (χ0v) is 12.4. The molecule has 2 aromatic rings. The number of carbonyl (C=O) groups excluding carboxylic acids is 1. The summed E-state index contributed by atoms with van der Waals surface area (Å²) in [5, 5.41) is 0.650. The number of anilines is 2. The number of amides is 1. The van der Waals surface area contributed by atoms with Gasteiger partial charge < -0.3 is 0 Å². The molecule has 2 heterocycles. The number of fused-ring (bicyclic) bond motifs is 1. The number of pyridine rings is 1. The molecule has 1 aliphatic heterocycles. The standard InChI is InChI=1S/C16H15ClN2O/c1-10-12(17)7-4-8-13(10)19-14-11(6-5-9-18-14)16(2,3)15(19)20/h4-9H,1-3H3. The Morgan fingerprint density at radius 3 is 2.70 bits per heavy atom. The minimum atomic E-state index is -0.571. The fourth-order valence-corrected chi connectivity index (χ4v) is 2.79. The first-order valence-corrected chi connectivity index (χ1v) is 6.87. The second kappa shape index (κ2) is 4.32. The maximum atomic E-state index is 12.8. The molecule has 3 nitrogen and oxygen atoms in total. The van der Waals surface area contributed by atoms with E-state index in [9.17, 15) is 4.79 Å². The Bertz CT molecular complexity index is 709. The van der Waals surface area contributed by atoms with E-state index in [0.717, 1.165) is 16.8 Å². The Labute approximate surface area is 123 Å². The third kappa shape index (κ3) is 1.66. The largest absolute Gasteiger partial charge is 0.273 e. The zero-order chi connectivity index (χ0) is 14.5. The molecule has 102 valence electrons. The Kier molecular flexibility index (Phi) is 2.83. The van der Waals surface area contributed by atoms with Crippen molar-refractivity contribution in [1.82, 2.24) is 4.98 Å². The topological polar surface area (TPSA) is 33.2 Å². The van der Waals surface area contributed by atoms with Crippen molar-refractivity contribution in [3.63, 3.8) is 0 Å². The van der Waals surface area contributed by atoms with Crippen LogP contribution < -0.4 is 4.90 Å². The maximum Gasteiger partial charge on any atom is 0.242 e. The van der Waals surface area contributed by atoms with Gasteiger partial charge >= 0.3 is 0 Å². The molecule has 0 radical (unpaired) electrons. The van der Waals surface area contributed by atoms with Crippen molar-refractivity contribution in [3.8, 4) is 0 Å². The molecule has 3 rings (SSSR count). The lowest BCUT2D eigenvalue weighted by Gasteiger charge is -2.21. The lowest BCUT2D eigenvalue weighted by atomic mass is 9.87. The molecule has 0 bridgehead atoms. The van der Waals surface area contributed by atoms with Crippen molar-refractivity contribution in [1.29, 1.82) is 0 Å². The molecule has 0 atom stereocenters. The summed E-state index contributed by atoms with van der Waals surface area (Å²) in [7, 11) is 0. The monoisotopic (exact) mass is 286 g/mol. The number of benzene rings is 1. The first-order chi connectivity index (χ1) is 9.44. The van der Waals surface area contributed by atoms with Crippen LogP contribution in [-0.4, -0.2) is 10.9 Å². The van der Waals surface area contributed by atoms with Crippen LogP contribution in [0.4, 0.5) is 11.5 Å². The van der Waals surface area contributed by atoms with Crippen molar-refractivity contribution in [2.24, 2.45) is 0 Å². The first kappa shape index (κ1) is 13.1. The van der Waals surface area contributed by atoms with Crippen LogP contribution in [0.3, 0.4) is 0 Å². The van der Waals surface area contributed by atoms with E-state index >= 15 is 0 Å². The van der Waals surface area contributed by atoms with E-state index in [1.807, 2.05) is 51.1 Å². The molecular weight excluding hydrogens is 272 g/mol. The van der Waals surface area contributed by atoms with E-state index in [2.05, 4.69) is 4.98 Å². The molecule has 0 fully saturated rings. The summed E-state index contributed by atoms with van der Waals surface area (Å²) in [6, 6.07) is 9.40. The molecule has 0 N–H and O–H groups in total. The maximum absolute atomic E-state index is 12.8. The van der Waals surface area contributed by atoms with Crippen molar-refractivity contribution in [2.45, 2.75) is 26.2 Å². The predicted octanol–water partition coefficient (Wildman–Crippen LogP) is 4.00. The highest BCUT2D eigenvalue weighted by atomic mass is 35.5. The van der Waals surface area contributed by atoms with Gasteiger partial charge in [0.1, 0.15) is 5.82 Å². The molecule has 1 amide bonds. The van der Waals surface area contributed by atoms with Gasteiger partial charge in [-0.2, -0.15) is 0 Å². The van der Waals surface area contributed by atoms with Gasteiger partial charge in [0.2, 0.25) is 5.91 Å². The SMILES string of the molecule is Cc1c(Cl)cccc1N1C(=O)C(C)(C)c2cccnc21. The van der Waals surface area contributed by atoms with Gasteiger partial charge in [0.05, 0.1) is 11.1 Å². The van der Waals surface area contributed by atoms with E-state index in [4.69, 9.17) is 11.6 Å².